The van der Waals surface area contributed by atoms with Crippen LogP contribution in [-0.2, 0) is 4.79 Å². The normalized spacial score (nSPS) is 10.4. The van der Waals surface area contributed by atoms with Crippen molar-refractivity contribution in [2.75, 3.05) is 6.54 Å². The van der Waals surface area contributed by atoms with Crippen molar-refractivity contribution in [1.29, 1.82) is 0 Å². The summed E-state index contributed by atoms with van der Waals surface area (Å²) in [5.74, 6) is -0.828. The van der Waals surface area contributed by atoms with Gasteiger partial charge in [0.1, 0.15) is 0 Å². The SMILES string of the molecule is O=C(O)CCCCCCNC(=O)c1cccc(-n2cccc2)c1. The van der Waals surface area contributed by atoms with E-state index in [1.807, 2.05) is 47.3 Å². The summed E-state index contributed by atoms with van der Waals surface area (Å²) in [5, 5.41) is 11.5. The fourth-order valence-corrected chi connectivity index (χ4v) is 2.37. The third-order valence-corrected chi connectivity index (χ3v) is 3.61. The Balaban J connectivity index is 1.74. The highest BCUT2D eigenvalue weighted by Gasteiger charge is 2.06. The van der Waals surface area contributed by atoms with E-state index in [9.17, 15) is 9.59 Å². The first-order valence-electron chi connectivity index (χ1n) is 7.90. The highest BCUT2D eigenvalue weighted by atomic mass is 16.4. The number of hydrogen-bond donors (Lipinski definition) is 2. The largest absolute Gasteiger partial charge is 0.481 e. The van der Waals surface area contributed by atoms with Gasteiger partial charge in [0.15, 0.2) is 0 Å². The highest BCUT2D eigenvalue weighted by Crippen LogP contribution is 2.11. The highest BCUT2D eigenvalue weighted by molar-refractivity contribution is 5.94. The molecule has 1 aromatic carbocycles. The van der Waals surface area contributed by atoms with Gasteiger partial charge in [-0.1, -0.05) is 18.9 Å². The second-order valence-electron chi connectivity index (χ2n) is 5.45. The van der Waals surface area contributed by atoms with Crippen LogP contribution in [0.5, 0.6) is 0 Å². The summed E-state index contributed by atoms with van der Waals surface area (Å²) < 4.78 is 1.96. The third kappa shape index (κ3) is 5.62. The number of aromatic nitrogens is 1. The smallest absolute Gasteiger partial charge is 0.303 e. The van der Waals surface area contributed by atoms with Crippen molar-refractivity contribution >= 4 is 11.9 Å². The van der Waals surface area contributed by atoms with Crippen molar-refractivity contribution in [3.63, 3.8) is 0 Å². The Morgan fingerprint density at radius 1 is 1.00 bits per heavy atom. The number of carbonyl (C=O) groups is 2. The molecule has 5 nitrogen and oxygen atoms in total. The van der Waals surface area contributed by atoms with Crippen LogP contribution in [0.3, 0.4) is 0 Å². The lowest BCUT2D eigenvalue weighted by Crippen LogP contribution is -2.24. The summed E-state index contributed by atoms with van der Waals surface area (Å²) in [6.45, 7) is 0.611. The van der Waals surface area contributed by atoms with Crippen LogP contribution < -0.4 is 5.32 Å². The summed E-state index contributed by atoms with van der Waals surface area (Å²) in [5.41, 5.74) is 1.60. The summed E-state index contributed by atoms with van der Waals surface area (Å²) in [7, 11) is 0. The number of carbonyl (C=O) groups excluding carboxylic acids is 1. The molecule has 0 spiro atoms. The minimum Gasteiger partial charge on any atom is -0.481 e. The lowest BCUT2D eigenvalue weighted by Gasteiger charge is -2.08. The molecule has 0 fully saturated rings. The molecule has 0 saturated heterocycles. The Morgan fingerprint density at radius 3 is 2.48 bits per heavy atom. The number of benzene rings is 1. The molecule has 0 aliphatic carbocycles. The molecule has 1 heterocycles. The van der Waals surface area contributed by atoms with E-state index in [1.165, 1.54) is 0 Å². The summed E-state index contributed by atoms with van der Waals surface area (Å²) in [6, 6.07) is 11.4. The molecule has 2 aromatic rings. The number of nitrogens with zero attached hydrogens (tertiary/aromatic N) is 1. The maximum absolute atomic E-state index is 12.1. The molecule has 0 atom stereocenters. The van der Waals surface area contributed by atoms with Gasteiger partial charge in [0.25, 0.3) is 5.91 Å². The van der Waals surface area contributed by atoms with Gasteiger partial charge in [-0.15, -0.1) is 0 Å². The van der Waals surface area contributed by atoms with Crippen molar-refractivity contribution in [2.45, 2.75) is 32.1 Å². The van der Waals surface area contributed by atoms with Crippen LogP contribution in [0.15, 0.2) is 48.8 Å². The van der Waals surface area contributed by atoms with Crippen LogP contribution in [-0.4, -0.2) is 28.1 Å². The summed E-state index contributed by atoms with van der Waals surface area (Å²) >= 11 is 0. The van der Waals surface area contributed by atoms with Gasteiger partial charge in [-0.3, -0.25) is 9.59 Å². The summed E-state index contributed by atoms with van der Waals surface area (Å²) in [4.78, 5) is 22.5. The Kier molecular flexibility index (Phi) is 6.41. The van der Waals surface area contributed by atoms with E-state index in [-0.39, 0.29) is 12.3 Å². The molecule has 0 aliphatic heterocycles. The minimum atomic E-state index is -0.749. The molecular weight excluding hydrogens is 292 g/mol. The molecule has 0 saturated carbocycles. The van der Waals surface area contributed by atoms with E-state index in [4.69, 9.17) is 5.11 Å². The topological polar surface area (TPSA) is 71.3 Å². The molecule has 1 aromatic heterocycles. The van der Waals surface area contributed by atoms with Crippen molar-refractivity contribution in [3.8, 4) is 5.69 Å². The van der Waals surface area contributed by atoms with E-state index in [2.05, 4.69) is 5.32 Å². The number of aliphatic carboxylic acids is 1. The van der Waals surface area contributed by atoms with E-state index in [0.29, 0.717) is 18.5 Å². The number of unbranched alkanes of at least 4 members (excludes halogenated alkanes) is 3. The maximum atomic E-state index is 12.1. The second-order valence-corrected chi connectivity index (χ2v) is 5.45. The van der Waals surface area contributed by atoms with Gasteiger partial charge in [0, 0.05) is 36.6 Å². The predicted molar refractivity (Wildman–Crippen MR) is 88.8 cm³/mol. The zero-order chi connectivity index (χ0) is 16.5. The number of amides is 1. The van der Waals surface area contributed by atoms with Crippen molar-refractivity contribution in [1.82, 2.24) is 9.88 Å². The molecule has 122 valence electrons. The van der Waals surface area contributed by atoms with Crippen LogP contribution in [0.25, 0.3) is 5.69 Å². The lowest BCUT2D eigenvalue weighted by atomic mass is 10.1. The monoisotopic (exact) mass is 314 g/mol. The van der Waals surface area contributed by atoms with Crippen LogP contribution in [0.2, 0.25) is 0 Å². The van der Waals surface area contributed by atoms with Crippen LogP contribution in [0.4, 0.5) is 0 Å². The Labute approximate surface area is 135 Å². The molecular formula is C18H22N2O3. The molecule has 0 aliphatic rings. The lowest BCUT2D eigenvalue weighted by molar-refractivity contribution is -0.137. The number of rotatable bonds is 9. The fraction of sp³-hybridized carbons (Fsp3) is 0.333. The quantitative estimate of drug-likeness (QED) is 0.698. The second kappa shape index (κ2) is 8.78. The molecule has 1 amide bonds. The summed E-state index contributed by atoms with van der Waals surface area (Å²) in [6.07, 6.45) is 7.47. The van der Waals surface area contributed by atoms with Crippen LogP contribution in [0, 0.1) is 0 Å². The van der Waals surface area contributed by atoms with Gasteiger partial charge in [0.2, 0.25) is 0 Å². The van der Waals surface area contributed by atoms with E-state index in [0.717, 1.165) is 24.9 Å². The van der Waals surface area contributed by atoms with E-state index >= 15 is 0 Å². The molecule has 2 rings (SSSR count). The van der Waals surface area contributed by atoms with Crippen molar-refractivity contribution in [3.05, 3.63) is 54.4 Å². The standard InChI is InChI=1S/C18H22N2O3/c21-17(22)10-3-1-2-4-11-19-18(23)15-8-7-9-16(14-15)20-12-5-6-13-20/h5-9,12-14H,1-4,10-11H2,(H,19,23)(H,21,22). The Morgan fingerprint density at radius 2 is 1.74 bits per heavy atom. The van der Waals surface area contributed by atoms with Crippen LogP contribution >= 0.6 is 0 Å². The van der Waals surface area contributed by atoms with Gasteiger partial charge in [-0.05, 0) is 43.2 Å². The molecule has 0 radical (unpaired) electrons. The van der Waals surface area contributed by atoms with Crippen LogP contribution in [0.1, 0.15) is 42.5 Å². The first-order valence-corrected chi connectivity index (χ1v) is 7.90. The zero-order valence-corrected chi connectivity index (χ0v) is 13.1. The van der Waals surface area contributed by atoms with Gasteiger partial charge in [-0.25, -0.2) is 0 Å². The Hall–Kier alpha value is -2.56. The van der Waals surface area contributed by atoms with E-state index in [1.54, 1.807) is 6.07 Å². The molecule has 0 unspecified atom stereocenters. The average Bonchev–Trinajstić information content (AvgIpc) is 3.08. The third-order valence-electron chi connectivity index (χ3n) is 3.61. The molecule has 5 heteroatoms. The predicted octanol–water partition coefficient (Wildman–Crippen LogP) is 3.24. The number of nitrogens with one attached hydrogen (secondary N) is 1. The first-order chi connectivity index (χ1) is 11.2. The number of hydrogen-bond acceptors (Lipinski definition) is 2. The molecule has 23 heavy (non-hydrogen) atoms. The van der Waals surface area contributed by atoms with Crippen molar-refractivity contribution < 1.29 is 14.7 Å². The molecule has 0 bridgehead atoms. The Bertz CT molecular complexity index is 635. The average molecular weight is 314 g/mol. The van der Waals surface area contributed by atoms with Crippen molar-refractivity contribution in [2.24, 2.45) is 0 Å². The van der Waals surface area contributed by atoms with Gasteiger partial charge in [0.05, 0.1) is 0 Å². The van der Waals surface area contributed by atoms with Gasteiger partial charge >= 0.3 is 5.97 Å². The number of carboxylic acid groups (broad SMARTS) is 1. The zero-order valence-electron chi connectivity index (χ0n) is 13.1. The number of carboxylic acids is 1. The van der Waals surface area contributed by atoms with Gasteiger partial charge in [-0.2, -0.15) is 0 Å². The first kappa shape index (κ1) is 16.8. The van der Waals surface area contributed by atoms with Gasteiger partial charge < -0.3 is 15.0 Å². The fourth-order valence-electron chi connectivity index (χ4n) is 2.37. The maximum Gasteiger partial charge on any atom is 0.303 e. The van der Waals surface area contributed by atoms with E-state index < -0.39 is 5.97 Å². The minimum absolute atomic E-state index is 0.0791. The molecule has 2 N–H and O–H groups in total.